The van der Waals surface area contributed by atoms with Crippen molar-refractivity contribution in [2.75, 3.05) is 37.7 Å². The Labute approximate surface area is 179 Å². The van der Waals surface area contributed by atoms with E-state index < -0.39 is 0 Å². The molecule has 2 aliphatic rings. The molecular weight excluding hydrogens is 376 g/mol. The Bertz CT molecular complexity index is 864. The number of piperidine rings is 1. The van der Waals surface area contributed by atoms with E-state index in [2.05, 4.69) is 58.2 Å². The number of pyridine rings is 1. The number of morpholine rings is 1. The Morgan fingerprint density at radius 2 is 2.03 bits per heavy atom. The lowest BCUT2D eigenvalue weighted by Gasteiger charge is -2.33. The minimum atomic E-state index is -0.00269. The maximum absolute atomic E-state index is 12.8. The SMILES string of the molecule is Cc1cccc(CN2CCC(NC(=O)c3ccnc(N4CCOC(C)C4)c3)CC2)c1. The Morgan fingerprint density at radius 1 is 1.20 bits per heavy atom. The lowest BCUT2D eigenvalue weighted by Crippen LogP contribution is -2.44. The van der Waals surface area contributed by atoms with Crippen LogP contribution in [0.5, 0.6) is 0 Å². The molecule has 0 bridgehead atoms. The van der Waals surface area contributed by atoms with E-state index in [1.165, 1.54) is 11.1 Å². The van der Waals surface area contributed by atoms with Gasteiger partial charge in [-0.25, -0.2) is 4.98 Å². The number of amides is 1. The van der Waals surface area contributed by atoms with Gasteiger partial charge in [-0.2, -0.15) is 0 Å². The van der Waals surface area contributed by atoms with Crippen molar-refractivity contribution in [3.8, 4) is 0 Å². The van der Waals surface area contributed by atoms with E-state index in [1.807, 2.05) is 6.07 Å². The summed E-state index contributed by atoms with van der Waals surface area (Å²) < 4.78 is 5.61. The molecule has 0 saturated carbocycles. The first kappa shape index (κ1) is 20.8. The molecule has 3 heterocycles. The molecule has 1 unspecified atom stereocenters. The van der Waals surface area contributed by atoms with E-state index in [-0.39, 0.29) is 18.1 Å². The number of rotatable bonds is 5. The lowest BCUT2D eigenvalue weighted by atomic mass is 10.0. The molecular formula is C24H32N4O2. The van der Waals surface area contributed by atoms with E-state index in [0.29, 0.717) is 12.2 Å². The van der Waals surface area contributed by atoms with Crippen LogP contribution in [0.15, 0.2) is 42.6 Å². The Kier molecular flexibility index (Phi) is 6.65. The smallest absolute Gasteiger partial charge is 0.251 e. The largest absolute Gasteiger partial charge is 0.375 e. The second-order valence-electron chi connectivity index (χ2n) is 8.54. The predicted molar refractivity (Wildman–Crippen MR) is 119 cm³/mol. The number of carbonyl (C=O) groups excluding carboxylic acids is 1. The minimum Gasteiger partial charge on any atom is -0.375 e. The van der Waals surface area contributed by atoms with Crippen LogP contribution in [0, 0.1) is 6.92 Å². The molecule has 6 nitrogen and oxygen atoms in total. The van der Waals surface area contributed by atoms with Crippen LogP contribution in [0.25, 0.3) is 0 Å². The zero-order valence-electron chi connectivity index (χ0n) is 18.0. The van der Waals surface area contributed by atoms with Gasteiger partial charge in [0.2, 0.25) is 0 Å². The molecule has 2 saturated heterocycles. The molecule has 0 aliphatic carbocycles. The van der Waals surface area contributed by atoms with Crippen LogP contribution in [-0.4, -0.2) is 60.7 Å². The molecule has 160 valence electrons. The first-order valence-electron chi connectivity index (χ1n) is 11.0. The molecule has 1 aromatic heterocycles. The Morgan fingerprint density at radius 3 is 2.80 bits per heavy atom. The average molecular weight is 409 g/mol. The summed E-state index contributed by atoms with van der Waals surface area (Å²) in [6, 6.07) is 12.6. The minimum absolute atomic E-state index is 0.00269. The van der Waals surface area contributed by atoms with Gasteiger partial charge >= 0.3 is 0 Å². The van der Waals surface area contributed by atoms with Crippen LogP contribution in [0.1, 0.15) is 41.3 Å². The quantitative estimate of drug-likeness (QED) is 0.824. The summed E-state index contributed by atoms with van der Waals surface area (Å²) in [4.78, 5) is 22.0. The van der Waals surface area contributed by atoms with Crippen LogP contribution in [0.4, 0.5) is 5.82 Å². The van der Waals surface area contributed by atoms with Crippen LogP contribution in [0.3, 0.4) is 0 Å². The molecule has 2 aliphatic heterocycles. The zero-order chi connectivity index (χ0) is 20.9. The third kappa shape index (κ3) is 5.37. The molecule has 1 atom stereocenters. The molecule has 6 heteroatoms. The molecule has 0 radical (unpaired) electrons. The number of likely N-dealkylation sites (tertiary alicyclic amines) is 1. The highest BCUT2D eigenvalue weighted by Gasteiger charge is 2.23. The van der Waals surface area contributed by atoms with E-state index in [0.717, 1.165) is 51.4 Å². The van der Waals surface area contributed by atoms with Crippen molar-refractivity contribution in [1.29, 1.82) is 0 Å². The van der Waals surface area contributed by atoms with Gasteiger partial charge in [-0.05, 0) is 44.4 Å². The van der Waals surface area contributed by atoms with Crippen molar-refractivity contribution in [1.82, 2.24) is 15.2 Å². The van der Waals surface area contributed by atoms with Gasteiger partial charge in [-0.15, -0.1) is 0 Å². The number of anilines is 1. The number of ether oxygens (including phenoxy) is 1. The number of hydrogen-bond acceptors (Lipinski definition) is 5. The molecule has 30 heavy (non-hydrogen) atoms. The third-order valence-corrected chi connectivity index (χ3v) is 5.98. The highest BCUT2D eigenvalue weighted by atomic mass is 16.5. The first-order chi connectivity index (χ1) is 14.6. The fourth-order valence-electron chi connectivity index (χ4n) is 4.33. The maximum atomic E-state index is 12.8. The van der Waals surface area contributed by atoms with E-state index in [9.17, 15) is 4.79 Å². The number of aromatic nitrogens is 1. The van der Waals surface area contributed by atoms with Crippen LogP contribution < -0.4 is 10.2 Å². The maximum Gasteiger partial charge on any atom is 0.251 e. The Hall–Kier alpha value is -2.44. The van der Waals surface area contributed by atoms with E-state index in [4.69, 9.17) is 4.74 Å². The van der Waals surface area contributed by atoms with Gasteiger partial charge in [0.25, 0.3) is 5.91 Å². The van der Waals surface area contributed by atoms with Gasteiger partial charge in [0.05, 0.1) is 12.7 Å². The summed E-state index contributed by atoms with van der Waals surface area (Å²) in [6.07, 6.45) is 3.88. The van der Waals surface area contributed by atoms with Crippen LogP contribution in [-0.2, 0) is 11.3 Å². The molecule has 2 fully saturated rings. The van der Waals surface area contributed by atoms with E-state index in [1.54, 1.807) is 12.3 Å². The Balaban J connectivity index is 1.29. The number of aryl methyl sites for hydroxylation is 1. The highest BCUT2D eigenvalue weighted by Crippen LogP contribution is 2.18. The molecule has 1 aromatic carbocycles. The standard InChI is InChI=1S/C24H32N4O2/c1-18-4-3-5-20(14-18)17-27-10-7-22(8-11-27)26-24(29)21-6-9-25-23(15-21)28-12-13-30-19(2)16-28/h3-6,9,14-15,19,22H,7-8,10-13,16-17H2,1-2H3,(H,26,29). The fraction of sp³-hybridized carbons (Fsp3) is 0.500. The number of hydrogen-bond donors (Lipinski definition) is 1. The van der Waals surface area contributed by atoms with Gasteiger partial charge < -0.3 is 15.0 Å². The zero-order valence-corrected chi connectivity index (χ0v) is 18.0. The van der Waals surface area contributed by atoms with Crippen molar-refractivity contribution < 1.29 is 9.53 Å². The monoisotopic (exact) mass is 408 g/mol. The number of carbonyl (C=O) groups is 1. The second kappa shape index (κ2) is 9.58. The number of nitrogens with one attached hydrogen (secondary N) is 1. The first-order valence-corrected chi connectivity index (χ1v) is 11.0. The van der Waals surface area contributed by atoms with Gasteiger partial charge in [-0.1, -0.05) is 29.8 Å². The molecule has 1 amide bonds. The summed E-state index contributed by atoms with van der Waals surface area (Å²) in [5.41, 5.74) is 3.35. The van der Waals surface area contributed by atoms with Gasteiger partial charge in [-0.3, -0.25) is 9.69 Å². The van der Waals surface area contributed by atoms with Gasteiger partial charge in [0.15, 0.2) is 0 Å². The van der Waals surface area contributed by atoms with Crippen molar-refractivity contribution in [2.45, 2.75) is 45.4 Å². The summed E-state index contributed by atoms with van der Waals surface area (Å²) in [7, 11) is 0. The molecule has 1 N–H and O–H groups in total. The normalized spacial score (nSPS) is 20.9. The predicted octanol–water partition coefficient (Wildman–Crippen LogP) is 3.01. The number of nitrogens with zero attached hydrogens (tertiary/aromatic N) is 3. The van der Waals surface area contributed by atoms with Crippen molar-refractivity contribution >= 4 is 11.7 Å². The fourth-order valence-corrected chi connectivity index (χ4v) is 4.33. The summed E-state index contributed by atoms with van der Waals surface area (Å²) in [5, 5.41) is 3.23. The molecule has 2 aromatic rings. The van der Waals surface area contributed by atoms with Gasteiger partial charge in [0, 0.05) is 50.5 Å². The van der Waals surface area contributed by atoms with Crippen molar-refractivity contribution in [3.05, 3.63) is 59.3 Å². The van der Waals surface area contributed by atoms with E-state index >= 15 is 0 Å². The van der Waals surface area contributed by atoms with Crippen LogP contribution >= 0.6 is 0 Å². The van der Waals surface area contributed by atoms with Crippen LogP contribution in [0.2, 0.25) is 0 Å². The lowest BCUT2D eigenvalue weighted by molar-refractivity contribution is 0.0529. The highest BCUT2D eigenvalue weighted by molar-refractivity contribution is 5.95. The summed E-state index contributed by atoms with van der Waals surface area (Å²) in [5.74, 6) is 0.850. The summed E-state index contributed by atoms with van der Waals surface area (Å²) >= 11 is 0. The molecule has 4 rings (SSSR count). The van der Waals surface area contributed by atoms with Gasteiger partial charge in [0.1, 0.15) is 5.82 Å². The topological polar surface area (TPSA) is 57.7 Å². The third-order valence-electron chi connectivity index (χ3n) is 5.98. The average Bonchev–Trinajstić information content (AvgIpc) is 2.75. The molecule has 0 spiro atoms. The number of benzene rings is 1. The van der Waals surface area contributed by atoms with Crippen molar-refractivity contribution in [3.63, 3.8) is 0 Å². The van der Waals surface area contributed by atoms with Crippen molar-refractivity contribution in [2.24, 2.45) is 0 Å². The second-order valence-corrected chi connectivity index (χ2v) is 8.54. The summed E-state index contributed by atoms with van der Waals surface area (Å²) in [6.45, 7) is 9.50.